The van der Waals surface area contributed by atoms with E-state index in [2.05, 4.69) is 31.1 Å². The molecular formula is C10H16ClN2-. The van der Waals surface area contributed by atoms with Crippen molar-refractivity contribution in [2.45, 2.75) is 32.9 Å². The highest BCUT2D eigenvalue weighted by Gasteiger charge is 2.07. The number of pyridine rings is 1. The van der Waals surface area contributed by atoms with Gasteiger partial charge in [-0.25, -0.2) is 0 Å². The lowest BCUT2D eigenvalue weighted by molar-refractivity contribution is -0.00000333. The van der Waals surface area contributed by atoms with Crippen LogP contribution in [0.3, 0.4) is 0 Å². The molecule has 2 nitrogen and oxygen atoms in total. The molecule has 1 rings (SSSR count). The van der Waals surface area contributed by atoms with Crippen molar-refractivity contribution < 1.29 is 12.4 Å². The van der Waals surface area contributed by atoms with E-state index in [1.807, 2.05) is 24.4 Å². The quantitative estimate of drug-likeness (QED) is 0.660. The van der Waals surface area contributed by atoms with Crippen LogP contribution in [0, 0.1) is 0 Å². The molecule has 0 amide bonds. The summed E-state index contributed by atoms with van der Waals surface area (Å²) in [6, 6.07) is 5.96. The fourth-order valence-corrected chi connectivity index (χ4v) is 0.858. The Bertz CT molecular complexity index is 228. The van der Waals surface area contributed by atoms with Gasteiger partial charge in [-0.05, 0) is 32.9 Å². The van der Waals surface area contributed by atoms with E-state index >= 15 is 0 Å². The molecule has 3 heteroatoms. The molecule has 1 aromatic heterocycles. The first-order valence-electron chi connectivity index (χ1n) is 4.23. The van der Waals surface area contributed by atoms with Crippen LogP contribution in [0.5, 0.6) is 0 Å². The lowest BCUT2D eigenvalue weighted by atomic mass is 10.1. The summed E-state index contributed by atoms with van der Waals surface area (Å²) in [4.78, 5) is 4.22. The Kier molecular flexibility index (Phi) is 4.96. The first-order valence-corrected chi connectivity index (χ1v) is 4.23. The molecule has 74 valence electrons. The number of halogens is 1. The van der Waals surface area contributed by atoms with Crippen molar-refractivity contribution in [1.29, 1.82) is 0 Å². The van der Waals surface area contributed by atoms with Gasteiger partial charge in [-0.3, -0.25) is 4.98 Å². The third-order valence-corrected chi connectivity index (χ3v) is 1.53. The van der Waals surface area contributed by atoms with Gasteiger partial charge >= 0.3 is 0 Å². The minimum Gasteiger partial charge on any atom is -1.00 e. The molecule has 1 aromatic rings. The van der Waals surface area contributed by atoms with Crippen molar-refractivity contribution in [2.24, 2.45) is 0 Å². The maximum Gasteiger partial charge on any atom is 0.0541 e. The van der Waals surface area contributed by atoms with E-state index in [0.717, 1.165) is 12.2 Å². The second-order valence-corrected chi connectivity index (χ2v) is 3.92. The summed E-state index contributed by atoms with van der Waals surface area (Å²) in [5, 5.41) is 3.38. The Hall–Kier alpha value is -0.600. The van der Waals surface area contributed by atoms with E-state index in [4.69, 9.17) is 0 Å². The van der Waals surface area contributed by atoms with Crippen LogP contribution >= 0.6 is 0 Å². The molecule has 13 heavy (non-hydrogen) atoms. The molecule has 0 bridgehead atoms. The van der Waals surface area contributed by atoms with Crippen LogP contribution in [-0.4, -0.2) is 10.5 Å². The van der Waals surface area contributed by atoms with Crippen molar-refractivity contribution in [2.75, 3.05) is 0 Å². The normalized spacial score (nSPS) is 10.7. The van der Waals surface area contributed by atoms with Gasteiger partial charge in [-0.15, -0.1) is 0 Å². The van der Waals surface area contributed by atoms with E-state index < -0.39 is 0 Å². The van der Waals surface area contributed by atoms with Gasteiger partial charge in [0.2, 0.25) is 0 Å². The highest BCUT2D eigenvalue weighted by atomic mass is 35.5. The number of nitrogens with one attached hydrogen (secondary N) is 1. The fraction of sp³-hybridized carbons (Fsp3) is 0.500. The molecule has 0 aliphatic carbocycles. The highest BCUT2D eigenvalue weighted by molar-refractivity contribution is 5.03. The van der Waals surface area contributed by atoms with Crippen LogP contribution in [0.4, 0.5) is 0 Å². The molecular weight excluding hydrogens is 184 g/mol. The average Bonchev–Trinajstić information content (AvgIpc) is 2.02. The summed E-state index contributed by atoms with van der Waals surface area (Å²) in [5.74, 6) is 0. The second-order valence-electron chi connectivity index (χ2n) is 3.92. The first kappa shape index (κ1) is 12.4. The Morgan fingerprint density at radius 1 is 1.31 bits per heavy atom. The minimum absolute atomic E-state index is 0. The SMILES string of the molecule is CC(C)(C)NCc1ccccn1.[Cl-]. The van der Waals surface area contributed by atoms with Crippen molar-refractivity contribution in [1.82, 2.24) is 10.3 Å². The minimum atomic E-state index is 0. The summed E-state index contributed by atoms with van der Waals surface area (Å²) < 4.78 is 0. The topological polar surface area (TPSA) is 24.9 Å². The molecule has 1 heterocycles. The number of hydrogen-bond acceptors (Lipinski definition) is 2. The van der Waals surface area contributed by atoms with Crippen LogP contribution in [0.15, 0.2) is 24.4 Å². The molecule has 0 aliphatic rings. The lowest BCUT2D eigenvalue weighted by Crippen LogP contribution is -3.00. The van der Waals surface area contributed by atoms with Crippen molar-refractivity contribution in [3.8, 4) is 0 Å². The zero-order valence-corrected chi connectivity index (χ0v) is 9.10. The molecule has 0 aromatic carbocycles. The molecule has 0 atom stereocenters. The third-order valence-electron chi connectivity index (χ3n) is 1.53. The molecule has 0 saturated carbocycles. The molecule has 0 fully saturated rings. The average molecular weight is 200 g/mol. The van der Waals surface area contributed by atoms with Crippen molar-refractivity contribution >= 4 is 0 Å². The fourth-order valence-electron chi connectivity index (χ4n) is 0.858. The number of rotatable bonds is 2. The van der Waals surface area contributed by atoms with Gasteiger partial charge in [0, 0.05) is 18.3 Å². The van der Waals surface area contributed by atoms with Crippen LogP contribution in [-0.2, 0) is 6.54 Å². The largest absolute Gasteiger partial charge is 1.00 e. The van der Waals surface area contributed by atoms with E-state index in [1.165, 1.54) is 0 Å². The molecule has 0 radical (unpaired) electrons. The van der Waals surface area contributed by atoms with Gasteiger partial charge < -0.3 is 17.7 Å². The first-order chi connectivity index (χ1) is 5.58. The zero-order valence-electron chi connectivity index (χ0n) is 8.34. The van der Waals surface area contributed by atoms with Crippen LogP contribution in [0.25, 0.3) is 0 Å². The van der Waals surface area contributed by atoms with E-state index in [0.29, 0.717) is 0 Å². The van der Waals surface area contributed by atoms with Crippen molar-refractivity contribution in [3.05, 3.63) is 30.1 Å². The Morgan fingerprint density at radius 3 is 2.46 bits per heavy atom. The Labute approximate surface area is 86.2 Å². The number of aromatic nitrogens is 1. The molecule has 0 unspecified atom stereocenters. The van der Waals surface area contributed by atoms with E-state index in [-0.39, 0.29) is 17.9 Å². The second kappa shape index (κ2) is 5.20. The predicted octanol–water partition coefficient (Wildman–Crippen LogP) is -1.03. The van der Waals surface area contributed by atoms with Gasteiger partial charge in [0.15, 0.2) is 0 Å². The maximum atomic E-state index is 4.22. The molecule has 0 spiro atoms. The molecule has 0 saturated heterocycles. The lowest BCUT2D eigenvalue weighted by Gasteiger charge is -2.19. The summed E-state index contributed by atoms with van der Waals surface area (Å²) in [6.45, 7) is 7.28. The van der Waals surface area contributed by atoms with E-state index in [1.54, 1.807) is 0 Å². The highest BCUT2D eigenvalue weighted by Crippen LogP contribution is 2.01. The zero-order chi connectivity index (χ0) is 9.03. The van der Waals surface area contributed by atoms with Crippen molar-refractivity contribution in [3.63, 3.8) is 0 Å². The van der Waals surface area contributed by atoms with Crippen LogP contribution in [0.1, 0.15) is 26.5 Å². The molecule has 0 aliphatic heterocycles. The van der Waals surface area contributed by atoms with Gasteiger partial charge in [0.25, 0.3) is 0 Å². The number of nitrogens with zero attached hydrogens (tertiary/aromatic N) is 1. The summed E-state index contributed by atoms with van der Waals surface area (Å²) >= 11 is 0. The smallest absolute Gasteiger partial charge is 0.0541 e. The summed E-state index contributed by atoms with van der Waals surface area (Å²) in [7, 11) is 0. The third kappa shape index (κ3) is 5.61. The van der Waals surface area contributed by atoms with E-state index in [9.17, 15) is 0 Å². The molecule has 1 N–H and O–H groups in total. The van der Waals surface area contributed by atoms with Crippen LogP contribution in [0.2, 0.25) is 0 Å². The maximum absolute atomic E-state index is 4.22. The summed E-state index contributed by atoms with van der Waals surface area (Å²) in [5.41, 5.74) is 1.25. The number of hydrogen-bond donors (Lipinski definition) is 1. The van der Waals surface area contributed by atoms with Gasteiger partial charge in [0.1, 0.15) is 0 Å². The van der Waals surface area contributed by atoms with Gasteiger partial charge in [-0.1, -0.05) is 6.07 Å². The monoisotopic (exact) mass is 199 g/mol. The van der Waals surface area contributed by atoms with Gasteiger partial charge in [-0.2, -0.15) is 0 Å². The van der Waals surface area contributed by atoms with Crippen LogP contribution < -0.4 is 17.7 Å². The van der Waals surface area contributed by atoms with Gasteiger partial charge in [0.05, 0.1) is 5.69 Å². The Balaban J connectivity index is 0.00000144. The standard InChI is InChI=1S/C10H16N2.ClH/c1-10(2,3)12-8-9-6-4-5-7-11-9;/h4-7,12H,8H2,1-3H3;1H/p-1. The predicted molar refractivity (Wildman–Crippen MR) is 50.8 cm³/mol. The summed E-state index contributed by atoms with van der Waals surface area (Å²) in [6.07, 6.45) is 1.82. The Morgan fingerprint density at radius 2 is 2.00 bits per heavy atom.